The average molecular weight is 463 g/mol. The Morgan fingerprint density at radius 1 is 1.18 bits per heavy atom. The number of hydrogen-bond donors (Lipinski definition) is 0. The van der Waals surface area contributed by atoms with Gasteiger partial charge in [-0.2, -0.15) is 4.99 Å². The van der Waals surface area contributed by atoms with E-state index < -0.39 is 5.97 Å². The molecule has 0 unspecified atom stereocenters. The fourth-order valence-electron chi connectivity index (χ4n) is 2.85. The van der Waals surface area contributed by atoms with Gasteiger partial charge in [0.05, 0.1) is 30.9 Å². The number of methoxy groups -OCH3 is 2. The number of carbonyl (C=O) groups excluding carboxylic acids is 2. The highest BCUT2D eigenvalue weighted by Crippen LogP contribution is 2.22. The van der Waals surface area contributed by atoms with Gasteiger partial charge < -0.3 is 14.0 Å². The molecule has 0 aliphatic rings. The summed E-state index contributed by atoms with van der Waals surface area (Å²) in [5.41, 5.74) is 2.64. The van der Waals surface area contributed by atoms with E-state index >= 15 is 0 Å². The molecule has 6 nitrogen and oxygen atoms in total. The summed E-state index contributed by atoms with van der Waals surface area (Å²) in [6.07, 6.45) is 0.168. The molecule has 0 atom stereocenters. The van der Waals surface area contributed by atoms with Crippen LogP contribution in [0, 0.1) is 6.92 Å². The minimum absolute atomic E-state index is 0.00805. The Hall–Kier alpha value is -2.45. The van der Waals surface area contributed by atoms with E-state index in [0.717, 1.165) is 31.6 Å². The van der Waals surface area contributed by atoms with Crippen LogP contribution < -0.4 is 9.54 Å². The lowest BCUT2D eigenvalue weighted by atomic mass is 10.1. The lowest BCUT2D eigenvalue weighted by Crippen LogP contribution is -2.22. The highest BCUT2D eigenvalue weighted by atomic mass is 79.9. The minimum atomic E-state index is -0.401. The second kappa shape index (κ2) is 8.70. The van der Waals surface area contributed by atoms with Crippen molar-refractivity contribution in [3.8, 4) is 5.75 Å². The third-order valence-corrected chi connectivity index (χ3v) is 5.73. The SMILES string of the molecule is COC(=O)Cn1c(=NC(=O)Cc2ccc(OC)c(C)c2)sc2cc(Br)ccc21. The van der Waals surface area contributed by atoms with E-state index in [1.807, 2.05) is 43.3 Å². The fourth-order valence-corrected chi connectivity index (χ4v) is 4.45. The molecule has 3 rings (SSSR count). The third kappa shape index (κ3) is 4.51. The van der Waals surface area contributed by atoms with Gasteiger partial charge in [-0.05, 0) is 42.3 Å². The molecular weight excluding hydrogens is 444 g/mol. The first-order valence-electron chi connectivity index (χ1n) is 8.48. The zero-order chi connectivity index (χ0) is 20.3. The third-order valence-electron chi connectivity index (χ3n) is 4.19. The van der Waals surface area contributed by atoms with Crippen molar-refractivity contribution in [2.75, 3.05) is 14.2 Å². The van der Waals surface area contributed by atoms with Crippen molar-refractivity contribution in [1.29, 1.82) is 0 Å². The Morgan fingerprint density at radius 3 is 2.64 bits per heavy atom. The van der Waals surface area contributed by atoms with E-state index in [1.54, 1.807) is 11.7 Å². The topological polar surface area (TPSA) is 69.9 Å². The molecule has 0 bridgehead atoms. The zero-order valence-corrected chi connectivity index (χ0v) is 18.1. The summed E-state index contributed by atoms with van der Waals surface area (Å²) in [5, 5.41) is 0. The molecule has 3 aromatic rings. The number of benzene rings is 2. The van der Waals surface area contributed by atoms with E-state index in [9.17, 15) is 9.59 Å². The minimum Gasteiger partial charge on any atom is -0.496 e. The molecule has 1 aromatic heterocycles. The number of aromatic nitrogens is 1. The number of carbonyl (C=O) groups is 2. The molecule has 0 aliphatic carbocycles. The molecule has 1 amide bonds. The fraction of sp³-hybridized carbons (Fsp3) is 0.250. The highest BCUT2D eigenvalue weighted by Gasteiger charge is 2.12. The smallest absolute Gasteiger partial charge is 0.325 e. The number of halogens is 1. The van der Waals surface area contributed by atoms with E-state index in [0.29, 0.717) is 4.80 Å². The number of ether oxygens (including phenoxy) is 2. The van der Waals surface area contributed by atoms with Crippen molar-refractivity contribution >= 4 is 49.4 Å². The second-order valence-corrected chi connectivity index (χ2v) is 8.07. The lowest BCUT2D eigenvalue weighted by Gasteiger charge is -2.06. The van der Waals surface area contributed by atoms with Crippen molar-refractivity contribution in [3.05, 3.63) is 56.8 Å². The summed E-state index contributed by atoms with van der Waals surface area (Å²) in [6, 6.07) is 11.3. The Balaban J connectivity index is 1.97. The molecule has 8 heteroatoms. The number of hydrogen-bond acceptors (Lipinski definition) is 5. The molecule has 0 saturated heterocycles. The molecule has 146 valence electrons. The molecular formula is C20H19BrN2O4S. The molecule has 0 aliphatic heterocycles. The van der Waals surface area contributed by atoms with Gasteiger partial charge in [0.15, 0.2) is 4.80 Å². The molecule has 0 radical (unpaired) electrons. The number of fused-ring (bicyclic) bond motifs is 1. The molecule has 0 fully saturated rings. The predicted octanol–water partition coefficient (Wildman–Crippen LogP) is 3.63. The van der Waals surface area contributed by atoms with Crippen LogP contribution >= 0.6 is 27.3 Å². The first-order valence-corrected chi connectivity index (χ1v) is 10.1. The van der Waals surface area contributed by atoms with Crippen LogP contribution in [0.15, 0.2) is 45.9 Å². The average Bonchev–Trinajstić information content (AvgIpc) is 2.97. The van der Waals surface area contributed by atoms with Crippen molar-refractivity contribution < 1.29 is 19.1 Å². The van der Waals surface area contributed by atoms with Gasteiger partial charge in [0, 0.05) is 4.47 Å². The lowest BCUT2D eigenvalue weighted by molar-refractivity contribution is -0.141. The molecule has 2 aromatic carbocycles. The zero-order valence-electron chi connectivity index (χ0n) is 15.7. The van der Waals surface area contributed by atoms with Crippen LogP contribution in [0.1, 0.15) is 11.1 Å². The predicted molar refractivity (Wildman–Crippen MR) is 112 cm³/mol. The standard InChI is InChI=1S/C20H19BrN2O4S/c1-12-8-13(4-7-16(12)26-2)9-18(24)22-20-23(11-19(25)27-3)15-6-5-14(21)10-17(15)28-20/h4-8,10H,9,11H2,1-3H3. The summed E-state index contributed by atoms with van der Waals surface area (Å²) >= 11 is 4.80. The van der Waals surface area contributed by atoms with Crippen LogP contribution in [0.4, 0.5) is 0 Å². The van der Waals surface area contributed by atoms with Crippen LogP contribution in [-0.2, 0) is 27.3 Å². The van der Waals surface area contributed by atoms with Crippen LogP contribution in [-0.4, -0.2) is 30.7 Å². The summed E-state index contributed by atoms with van der Waals surface area (Å²) in [5.74, 6) is 0.0928. The summed E-state index contributed by atoms with van der Waals surface area (Å²) < 4.78 is 13.6. The number of esters is 1. The molecule has 0 spiro atoms. The first-order chi connectivity index (χ1) is 13.4. The summed E-state index contributed by atoms with van der Waals surface area (Å²) in [7, 11) is 2.95. The maximum Gasteiger partial charge on any atom is 0.325 e. The van der Waals surface area contributed by atoms with Gasteiger partial charge in [0.25, 0.3) is 5.91 Å². The molecule has 1 heterocycles. The molecule has 28 heavy (non-hydrogen) atoms. The number of thiazole rings is 1. The van der Waals surface area contributed by atoms with Gasteiger partial charge in [0.2, 0.25) is 0 Å². The first kappa shape index (κ1) is 20.3. The van der Waals surface area contributed by atoms with Crippen LogP contribution in [0.2, 0.25) is 0 Å². The number of amides is 1. The Labute approximate surface area is 174 Å². The van der Waals surface area contributed by atoms with E-state index in [-0.39, 0.29) is 18.9 Å². The van der Waals surface area contributed by atoms with Gasteiger partial charge in [-0.25, -0.2) is 0 Å². The van der Waals surface area contributed by atoms with Crippen molar-refractivity contribution in [2.24, 2.45) is 4.99 Å². The van der Waals surface area contributed by atoms with Crippen molar-refractivity contribution in [3.63, 3.8) is 0 Å². The van der Waals surface area contributed by atoms with Gasteiger partial charge >= 0.3 is 5.97 Å². The van der Waals surface area contributed by atoms with Crippen molar-refractivity contribution in [1.82, 2.24) is 4.57 Å². The molecule has 0 saturated carbocycles. The Bertz CT molecular complexity index is 1120. The van der Waals surface area contributed by atoms with Crippen LogP contribution in [0.5, 0.6) is 5.75 Å². The molecule has 0 N–H and O–H groups in total. The van der Waals surface area contributed by atoms with Gasteiger partial charge in [-0.3, -0.25) is 9.59 Å². The van der Waals surface area contributed by atoms with E-state index in [4.69, 9.17) is 9.47 Å². The quantitative estimate of drug-likeness (QED) is 0.542. The second-order valence-electron chi connectivity index (χ2n) is 6.15. The Kier molecular flexibility index (Phi) is 6.31. The normalized spacial score (nSPS) is 11.6. The monoisotopic (exact) mass is 462 g/mol. The number of nitrogens with zero attached hydrogens (tertiary/aromatic N) is 2. The van der Waals surface area contributed by atoms with E-state index in [2.05, 4.69) is 20.9 Å². The number of aryl methyl sites for hydroxylation is 1. The van der Waals surface area contributed by atoms with Crippen molar-refractivity contribution in [2.45, 2.75) is 19.9 Å². The number of rotatable bonds is 5. The maximum absolute atomic E-state index is 12.6. The van der Waals surface area contributed by atoms with Crippen LogP contribution in [0.25, 0.3) is 10.2 Å². The highest BCUT2D eigenvalue weighted by molar-refractivity contribution is 9.10. The van der Waals surface area contributed by atoms with Gasteiger partial charge in [0.1, 0.15) is 12.3 Å². The summed E-state index contributed by atoms with van der Waals surface area (Å²) in [6.45, 7) is 1.92. The van der Waals surface area contributed by atoms with Crippen LogP contribution in [0.3, 0.4) is 0 Å². The summed E-state index contributed by atoms with van der Waals surface area (Å²) in [4.78, 5) is 29.1. The largest absolute Gasteiger partial charge is 0.496 e. The van der Waals surface area contributed by atoms with E-state index in [1.165, 1.54) is 18.4 Å². The Morgan fingerprint density at radius 2 is 1.96 bits per heavy atom. The van der Waals surface area contributed by atoms with Gasteiger partial charge in [-0.1, -0.05) is 39.4 Å². The maximum atomic E-state index is 12.6. The van der Waals surface area contributed by atoms with Gasteiger partial charge in [-0.15, -0.1) is 0 Å².